The molecule has 13 heteroatoms. The summed E-state index contributed by atoms with van der Waals surface area (Å²) in [5.41, 5.74) is 4.12. The van der Waals surface area contributed by atoms with Crippen molar-refractivity contribution in [2.75, 3.05) is 93.9 Å². The van der Waals surface area contributed by atoms with E-state index in [1.54, 1.807) is 35.5 Å². The third kappa shape index (κ3) is 9.43. The minimum atomic E-state index is -0.639. The number of likely N-dealkylation sites (tertiary alicyclic amines) is 1. The molecular formula is C39H53N5O7S. The maximum absolute atomic E-state index is 14.2. The summed E-state index contributed by atoms with van der Waals surface area (Å²) in [4.78, 5) is 47.3. The summed E-state index contributed by atoms with van der Waals surface area (Å²) >= 11 is 1.71. The number of amides is 2. The number of piperidine rings is 1. The number of hydrogen-bond acceptors (Lipinski definition) is 11. The number of benzene rings is 2. The van der Waals surface area contributed by atoms with Crippen LogP contribution in [0.25, 0.3) is 0 Å². The molecular weight excluding hydrogens is 683 g/mol. The molecule has 0 aliphatic carbocycles. The predicted octanol–water partition coefficient (Wildman–Crippen LogP) is 4.27. The fourth-order valence-electron chi connectivity index (χ4n) is 7.24. The topological polar surface area (TPSA) is 113 Å². The van der Waals surface area contributed by atoms with Crippen LogP contribution in [0.2, 0.25) is 0 Å². The third-order valence-corrected chi connectivity index (χ3v) is 11.3. The zero-order valence-electron chi connectivity index (χ0n) is 31.1. The first-order valence-electron chi connectivity index (χ1n) is 18.0. The molecule has 2 amide bonds. The van der Waals surface area contributed by atoms with Gasteiger partial charge in [0.2, 0.25) is 11.7 Å². The smallest absolute Gasteiger partial charge is 0.320 e. The minimum Gasteiger partial charge on any atom is -0.493 e. The van der Waals surface area contributed by atoms with Gasteiger partial charge in [-0.25, -0.2) is 5.01 Å². The molecule has 2 aliphatic heterocycles. The van der Waals surface area contributed by atoms with Crippen LogP contribution in [0.15, 0.2) is 60.0 Å². The Labute approximate surface area is 311 Å². The van der Waals surface area contributed by atoms with Crippen LogP contribution in [-0.2, 0) is 19.7 Å². The van der Waals surface area contributed by atoms with Gasteiger partial charge in [-0.2, -0.15) is 0 Å². The van der Waals surface area contributed by atoms with Crippen molar-refractivity contribution < 1.29 is 33.3 Å². The molecule has 2 aliphatic rings. The van der Waals surface area contributed by atoms with Gasteiger partial charge < -0.3 is 28.7 Å². The summed E-state index contributed by atoms with van der Waals surface area (Å²) in [6.07, 6.45) is 2.28. The van der Waals surface area contributed by atoms with Crippen LogP contribution in [0.5, 0.6) is 17.2 Å². The van der Waals surface area contributed by atoms with Crippen molar-refractivity contribution >= 4 is 29.1 Å². The van der Waals surface area contributed by atoms with Gasteiger partial charge in [0.05, 0.1) is 39.9 Å². The standard InChI is InChI=1S/C39H53N5O7S/c1-6-51-35(45)28-43-20-22-44(23-21-43)40-38(47)39(31-11-8-7-9-12-31)15-18-42(19-16-39)17-14-29(34-13-10-24-52-34)27-41(2)37(46)30-25-32(48-3)36(50-5)33(26-30)49-4/h7-13,24-26,29H,6,14-23,27-28H2,1-5H3,(H,40,47). The first-order valence-corrected chi connectivity index (χ1v) is 18.9. The van der Waals surface area contributed by atoms with Crippen LogP contribution < -0.4 is 19.6 Å². The van der Waals surface area contributed by atoms with Crippen molar-refractivity contribution in [1.82, 2.24) is 25.1 Å². The van der Waals surface area contributed by atoms with Gasteiger partial charge in [0.25, 0.3) is 5.91 Å². The Balaban J connectivity index is 1.21. The van der Waals surface area contributed by atoms with Gasteiger partial charge in [0.1, 0.15) is 0 Å². The number of methoxy groups -OCH3 is 3. The zero-order chi connectivity index (χ0) is 37.1. The summed E-state index contributed by atoms with van der Waals surface area (Å²) in [6, 6.07) is 17.7. The molecule has 1 unspecified atom stereocenters. The van der Waals surface area contributed by atoms with Crippen molar-refractivity contribution in [2.45, 2.75) is 37.5 Å². The second-order valence-corrected chi connectivity index (χ2v) is 14.4. The van der Waals surface area contributed by atoms with Crippen molar-refractivity contribution in [3.05, 3.63) is 76.0 Å². The van der Waals surface area contributed by atoms with Gasteiger partial charge in [-0.15, -0.1) is 11.3 Å². The number of esters is 1. The molecule has 0 saturated carbocycles. The van der Waals surface area contributed by atoms with Gasteiger partial charge in [0, 0.05) is 56.1 Å². The second kappa shape index (κ2) is 18.5. The lowest BCUT2D eigenvalue weighted by Gasteiger charge is -2.43. The van der Waals surface area contributed by atoms with Crippen LogP contribution in [0.4, 0.5) is 0 Å². The molecule has 1 aromatic heterocycles. The molecule has 1 N–H and O–H groups in total. The van der Waals surface area contributed by atoms with E-state index in [0.29, 0.717) is 75.0 Å². The van der Waals surface area contributed by atoms with Crippen molar-refractivity contribution in [2.24, 2.45) is 0 Å². The van der Waals surface area contributed by atoms with Crippen LogP contribution in [0.3, 0.4) is 0 Å². The highest BCUT2D eigenvalue weighted by Gasteiger charge is 2.43. The molecule has 0 bridgehead atoms. The number of thiophene rings is 1. The van der Waals surface area contributed by atoms with Crippen molar-refractivity contribution in [3.63, 3.8) is 0 Å². The lowest BCUT2D eigenvalue weighted by Crippen LogP contribution is -2.59. The van der Waals surface area contributed by atoms with Gasteiger partial charge in [0.15, 0.2) is 11.5 Å². The maximum atomic E-state index is 14.2. The molecule has 3 heterocycles. The van der Waals surface area contributed by atoms with Gasteiger partial charge >= 0.3 is 5.97 Å². The second-order valence-electron chi connectivity index (χ2n) is 13.4. The summed E-state index contributed by atoms with van der Waals surface area (Å²) in [7, 11) is 6.45. The zero-order valence-corrected chi connectivity index (χ0v) is 31.9. The van der Waals surface area contributed by atoms with E-state index in [4.69, 9.17) is 18.9 Å². The average Bonchev–Trinajstić information content (AvgIpc) is 3.72. The molecule has 282 valence electrons. The monoisotopic (exact) mass is 735 g/mol. The minimum absolute atomic E-state index is 0.0283. The van der Waals surface area contributed by atoms with Crippen LogP contribution >= 0.6 is 11.3 Å². The number of nitrogens with one attached hydrogen (secondary N) is 1. The van der Waals surface area contributed by atoms with Gasteiger partial charge in [-0.3, -0.25) is 24.7 Å². The molecule has 3 aromatic rings. The summed E-state index contributed by atoms with van der Waals surface area (Å²) in [5, 5.41) is 4.07. The number of hydrazine groups is 1. The molecule has 2 fully saturated rings. The molecule has 0 radical (unpaired) electrons. The largest absolute Gasteiger partial charge is 0.493 e. The number of likely N-dealkylation sites (N-methyl/N-ethyl adjacent to an activating group) is 1. The lowest BCUT2D eigenvalue weighted by molar-refractivity contribution is -0.145. The first-order chi connectivity index (χ1) is 25.2. The van der Waals surface area contributed by atoms with E-state index in [1.807, 2.05) is 37.2 Å². The average molecular weight is 736 g/mol. The SMILES string of the molecule is CCOC(=O)CN1CCN(NC(=O)C2(c3ccccc3)CCN(CCC(CN(C)C(=O)c3cc(OC)c(OC)c(OC)c3)c3cccs3)CC2)CC1. The number of carbonyl (C=O) groups excluding carboxylic acids is 3. The van der Waals surface area contributed by atoms with Gasteiger partial charge in [-0.05, 0) is 75.0 Å². The number of piperazine rings is 1. The molecule has 52 heavy (non-hydrogen) atoms. The first kappa shape index (κ1) is 39.0. The number of nitrogens with zero attached hydrogens (tertiary/aromatic N) is 4. The van der Waals surface area contributed by atoms with E-state index in [1.165, 1.54) is 19.1 Å². The number of ether oxygens (including phenoxy) is 4. The summed E-state index contributed by atoms with van der Waals surface area (Å²) in [6.45, 7) is 8.07. The Morgan fingerprint density at radius 2 is 1.56 bits per heavy atom. The molecule has 2 aromatic carbocycles. The Kier molecular flexibility index (Phi) is 13.9. The van der Waals surface area contributed by atoms with Crippen molar-refractivity contribution in [1.29, 1.82) is 0 Å². The van der Waals surface area contributed by atoms with E-state index in [9.17, 15) is 14.4 Å². The van der Waals surface area contributed by atoms with E-state index in [-0.39, 0.29) is 30.2 Å². The quantitative estimate of drug-likeness (QED) is 0.214. The predicted molar refractivity (Wildman–Crippen MR) is 201 cm³/mol. The lowest BCUT2D eigenvalue weighted by atomic mass is 9.72. The van der Waals surface area contributed by atoms with Crippen LogP contribution in [-0.4, -0.2) is 131 Å². The van der Waals surface area contributed by atoms with Crippen LogP contribution in [0, 0.1) is 0 Å². The number of carbonyl (C=O) groups is 3. The molecule has 0 spiro atoms. The highest BCUT2D eigenvalue weighted by Crippen LogP contribution is 2.39. The number of rotatable bonds is 16. The summed E-state index contributed by atoms with van der Waals surface area (Å²) < 4.78 is 21.5. The normalized spacial score (nSPS) is 17.2. The Morgan fingerprint density at radius 3 is 2.13 bits per heavy atom. The van der Waals surface area contributed by atoms with Gasteiger partial charge in [-0.1, -0.05) is 36.4 Å². The molecule has 12 nitrogen and oxygen atoms in total. The molecule has 5 rings (SSSR count). The molecule has 1 atom stereocenters. The van der Waals surface area contributed by atoms with Crippen LogP contribution in [0.1, 0.15) is 52.9 Å². The fraction of sp³-hybridized carbons (Fsp3) is 0.513. The highest BCUT2D eigenvalue weighted by atomic mass is 32.1. The van der Waals surface area contributed by atoms with E-state index in [0.717, 1.165) is 31.6 Å². The van der Waals surface area contributed by atoms with E-state index in [2.05, 4.69) is 44.9 Å². The Morgan fingerprint density at radius 1 is 0.885 bits per heavy atom. The van der Waals surface area contributed by atoms with Crippen molar-refractivity contribution in [3.8, 4) is 17.2 Å². The van der Waals surface area contributed by atoms with E-state index >= 15 is 0 Å². The summed E-state index contributed by atoms with van der Waals surface area (Å²) in [5.74, 6) is 1.15. The van der Waals surface area contributed by atoms with E-state index < -0.39 is 5.41 Å². The fourth-order valence-corrected chi connectivity index (χ4v) is 8.10. The highest BCUT2D eigenvalue weighted by molar-refractivity contribution is 7.10. The number of hydrogen-bond donors (Lipinski definition) is 1. The molecule has 2 saturated heterocycles. The Bertz CT molecular complexity index is 1580. The Hall–Kier alpha value is -4.17. The maximum Gasteiger partial charge on any atom is 0.320 e. The third-order valence-electron chi connectivity index (χ3n) is 10.3.